The van der Waals surface area contributed by atoms with Crippen LogP contribution in [0.2, 0.25) is 0 Å². The molecule has 0 bridgehead atoms. The number of piperidine rings is 1. The Labute approximate surface area is 206 Å². The Hall–Kier alpha value is -2.76. The highest BCUT2D eigenvalue weighted by Gasteiger charge is 2.27. The molecule has 0 N–H and O–H groups in total. The van der Waals surface area contributed by atoms with Crippen LogP contribution in [-0.2, 0) is 11.3 Å². The number of esters is 1. The Kier molecular flexibility index (Phi) is 7.21. The van der Waals surface area contributed by atoms with E-state index in [2.05, 4.69) is 59.5 Å². The predicted molar refractivity (Wildman–Crippen MR) is 138 cm³/mol. The van der Waals surface area contributed by atoms with Gasteiger partial charge in [-0.2, -0.15) is 0 Å². The Balaban J connectivity index is 1.28. The maximum absolute atomic E-state index is 12.2. The first-order chi connectivity index (χ1) is 16.7. The third-order valence-electron chi connectivity index (χ3n) is 6.98. The number of ether oxygens (including phenoxy) is 2. The zero-order valence-corrected chi connectivity index (χ0v) is 20.4. The van der Waals surface area contributed by atoms with Crippen molar-refractivity contribution in [2.45, 2.75) is 30.6 Å². The van der Waals surface area contributed by atoms with Crippen LogP contribution < -0.4 is 4.74 Å². The molecule has 1 atom stereocenters. The highest BCUT2D eigenvalue weighted by molar-refractivity contribution is 7.99. The molecule has 176 valence electrons. The molecule has 34 heavy (non-hydrogen) atoms. The maximum atomic E-state index is 12.2. The van der Waals surface area contributed by atoms with E-state index in [0.29, 0.717) is 18.1 Å². The van der Waals surface area contributed by atoms with Gasteiger partial charge in [0.25, 0.3) is 0 Å². The average molecular weight is 474 g/mol. The van der Waals surface area contributed by atoms with E-state index in [1.54, 1.807) is 6.07 Å². The van der Waals surface area contributed by atoms with Crippen molar-refractivity contribution >= 4 is 17.7 Å². The molecule has 2 aliphatic rings. The topological polar surface area (TPSA) is 38.8 Å². The minimum atomic E-state index is -0.314. The summed E-state index contributed by atoms with van der Waals surface area (Å²) in [5.41, 5.74) is 5.58. The first kappa shape index (κ1) is 23.0. The van der Waals surface area contributed by atoms with E-state index in [9.17, 15) is 4.79 Å². The van der Waals surface area contributed by atoms with Gasteiger partial charge in [-0.15, -0.1) is 11.8 Å². The van der Waals surface area contributed by atoms with Crippen LogP contribution in [0.25, 0.3) is 0 Å². The summed E-state index contributed by atoms with van der Waals surface area (Å²) in [5, 5.41) is 0.125. The van der Waals surface area contributed by atoms with Gasteiger partial charge >= 0.3 is 5.97 Å². The van der Waals surface area contributed by atoms with Crippen LogP contribution in [0.5, 0.6) is 5.75 Å². The highest BCUT2D eigenvalue weighted by atomic mass is 32.2. The lowest BCUT2D eigenvalue weighted by Crippen LogP contribution is -2.34. The van der Waals surface area contributed by atoms with E-state index in [1.165, 1.54) is 36.6 Å². The van der Waals surface area contributed by atoms with Crippen LogP contribution in [0.15, 0.2) is 72.8 Å². The SMILES string of the molecule is COC(=O)c1ccc2c(c1)C(SCCN1CCC(c3ccccc3)CC1)c1ccccc1CO2. The van der Waals surface area contributed by atoms with Gasteiger partial charge in [0.1, 0.15) is 12.4 Å². The highest BCUT2D eigenvalue weighted by Crippen LogP contribution is 2.44. The summed E-state index contributed by atoms with van der Waals surface area (Å²) in [6.07, 6.45) is 2.44. The summed E-state index contributed by atoms with van der Waals surface area (Å²) in [6.45, 7) is 3.91. The Morgan fingerprint density at radius 3 is 2.56 bits per heavy atom. The van der Waals surface area contributed by atoms with Gasteiger partial charge in [-0.1, -0.05) is 54.6 Å². The molecule has 1 unspecified atom stereocenters. The van der Waals surface area contributed by atoms with Crippen LogP contribution in [0.3, 0.4) is 0 Å². The van der Waals surface area contributed by atoms with Gasteiger partial charge in [-0.05, 0) is 66.7 Å². The third kappa shape index (κ3) is 5.01. The van der Waals surface area contributed by atoms with Crippen molar-refractivity contribution in [2.24, 2.45) is 0 Å². The normalized spacial score (nSPS) is 18.3. The zero-order valence-electron chi connectivity index (χ0n) is 19.6. The number of nitrogens with zero attached hydrogens (tertiary/aromatic N) is 1. The molecule has 0 amide bonds. The molecular formula is C29H31NO3S. The lowest BCUT2D eigenvalue weighted by atomic mass is 9.89. The van der Waals surface area contributed by atoms with E-state index in [0.717, 1.165) is 36.7 Å². The standard InChI is InChI=1S/C29H31NO3S/c1-32-29(31)23-11-12-27-26(19-23)28(25-10-6-5-9-24(25)20-33-27)34-18-17-30-15-13-22(14-16-30)21-7-3-2-4-8-21/h2-12,19,22,28H,13-18,20H2,1H3. The molecule has 1 saturated heterocycles. The number of carbonyl (C=O) groups excluding carboxylic acids is 1. The number of likely N-dealkylation sites (tertiary alicyclic amines) is 1. The van der Waals surface area contributed by atoms with Crippen molar-refractivity contribution < 1.29 is 14.3 Å². The van der Waals surface area contributed by atoms with Gasteiger partial charge in [0.05, 0.1) is 17.9 Å². The lowest BCUT2D eigenvalue weighted by Gasteiger charge is -2.32. The number of thioether (sulfide) groups is 1. The molecule has 2 aliphatic heterocycles. The molecular weight excluding hydrogens is 442 g/mol. The number of carbonyl (C=O) groups is 1. The number of benzene rings is 3. The van der Waals surface area contributed by atoms with Crippen molar-refractivity contribution in [3.63, 3.8) is 0 Å². The number of fused-ring (bicyclic) bond motifs is 2. The number of hydrogen-bond acceptors (Lipinski definition) is 5. The van der Waals surface area contributed by atoms with Gasteiger partial charge in [-0.25, -0.2) is 4.79 Å². The second kappa shape index (κ2) is 10.7. The van der Waals surface area contributed by atoms with Gasteiger partial charge in [0.15, 0.2) is 0 Å². The number of methoxy groups -OCH3 is 1. The zero-order chi connectivity index (χ0) is 23.3. The molecule has 1 fully saturated rings. The minimum Gasteiger partial charge on any atom is -0.489 e. The number of rotatable bonds is 6. The van der Waals surface area contributed by atoms with E-state index < -0.39 is 0 Å². The maximum Gasteiger partial charge on any atom is 0.337 e. The van der Waals surface area contributed by atoms with Crippen molar-refractivity contribution in [2.75, 3.05) is 32.5 Å². The Morgan fingerprint density at radius 2 is 1.76 bits per heavy atom. The molecule has 0 spiro atoms. The fourth-order valence-electron chi connectivity index (χ4n) is 5.07. The van der Waals surface area contributed by atoms with E-state index >= 15 is 0 Å². The average Bonchev–Trinajstić information content (AvgIpc) is 3.06. The summed E-state index contributed by atoms with van der Waals surface area (Å²) >= 11 is 1.94. The quantitative estimate of drug-likeness (QED) is 0.407. The molecule has 5 heteroatoms. The van der Waals surface area contributed by atoms with Crippen LogP contribution in [0, 0.1) is 0 Å². The summed E-state index contributed by atoms with van der Waals surface area (Å²) in [4.78, 5) is 14.8. The van der Waals surface area contributed by atoms with E-state index in [4.69, 9.17) is 9.47 Å². The molecule has 3 aromatic rings. The van der Waals surface area contributed by atoms with E-state index in [1.807, 2.05) is 23.9 Å². The van der Waals surface area contributed by atoms with Gasteiger partial charge < -0.3 is 14.4 Å². The van der Waals surface area contributed by atoms with Crippen LogP contribution in [0.1, 0.15) is 56.6 Å². The van der Waals surface area contributed by atoms with Crippen LogP contribution in [-0.4, -0.2) is 43.4 Å². The molecule has 0 aliphatic carbocycles. The minimum absolute atomic E-state index is 0.125. The lowest BCUT2D eigenvalue weighted by molar-refractivity contribution is 0.0600. The molecule has 2 heterocycles. The number of hydrogen-bond donors (Lipinski definition) is 0. The van der Waals surface area contributed by atoms with Gasteiger partial charge in [0, 0.05) is 17.9 Å². The Bertz CT molecular complexity index is 1130. The predicted octanol–water partition coefficient (Wildman–Crippen LogP) is 6.07. The molecule has 4 nitrogen and oxygen atoms in total. The van der Waals surface area contributed by atoms with Crippen molar-refractivity contribution in [1.82, 2.24) is 4.90 Å². The third-order valence-corrected chi connectivity index (χ3v) is 8.24. The summed E-state index contributed by atoms with van der Waals surface area (Å²) in [6, 6.07) is 25.1. The molecule has 5 rings (SSSR count). The van der Waals surface area contributed by atoms with Gasteiger partial charge in [-0.3, -0.25) is 0 Å². The monoisotopic (exact) mass is 473 g/mol. The first-order valence-corrected chi connectivity index (χ1v) is 13.1. The summed E-state index contributed by atoms with van der Waals surface area (Å²) in [5.74, 6) is 2.24. The second-order valence-corrected chi connectivity index (χ2v) is 10.2. The first-order valence-electron chi connectivity index (χ1n) is 12.0. The smallest absolute Gasteiger partial charge is 0.337 e. The van der Waals surface area contributed by atoms with E-state index in [-0.39, 0.29) is 11.2 Å². The largest absolute Gasteiger partial charge is 0.489 e. The summed E-state index contributed by atoms with van der Waals surface area (Å²) < 4.78 is 11.1. The molecule has 0 aromatic heterocycles. The molecule has 0 radical (unpaired) electrons. The van der Waals surface area contributed by atoms with Crippen LogP contribution in [0.4, 0.5) is 0 Å². The van der Waals surface area contributed by atoms with Crippen molar-refractivity contribution in [3.05, 3.63) is 101 Å². The van der Waals surface area contributed by atoms with Crippen molar-refractivity contribution in [3.8, 4) is 5.75 Å². The Morgan fingerprint density at radius 1 is 1.00 bits per heavy atom. The van der Waals surface area contributed by atoms with Crippen molar-refractivity contribution in [1.29, 1.82) is 0 Å². The fourth-order valence-corrected chi connectivity index (χ4v) is 6.44. The fraction of sp³-hybridized carbons (Fsp3) is 0.345. The molecule has 0 saturated carbocycles. The van der Waals surface area contributed by atoms with Crippen LogP contribution >= 0.6 is 11.8 Å². The van der Waals surface area contributed by atoms with Gasteiger partial charge in [0.2, 0.25) is 0 Å². The molecule has 3 aromatic carbocycles. The summed E-state index contributed by atoms with van der Waals surface area (Å²) in [7, 11) is 1.42. The second-order valence-electron chi connectivity index (χ2n) is 9.01.